The Kier molecular flexibility index (Phi) is 6.83. The molecule has 0 aliphatic carbocycles. The van der Waals surface area contributed by atoms with E-state index in [-0.39, 0.29) is 18.6 Å². The van der Waals surface area contributed by atoms with Gasteiger partial charge in [-0.2, -0.15) is 0 Å². The number of cyclic esters (lactones) is 1. The van der Waals surface area contributed by atoms with Crippen molar-refractivity contribution in [2.45, 2.75) is 38.2 Å². The van der Waals surface area contributed by atoms with E-state index in [0.29, 0.717) is 12.8 Å². The van der Waals surface area contributed by atoms with Crippen molar-refractivity contribution in [1.29, 1.82) is 0 Å². The highest BCUT2D eigenvalue weighted by atomic mass is 16.6. The third-order valence-electron chi connectivity index (χ3n) is 5.43. The molecule has 2 aromatic rings. The van der Waals surface area contributed by atoms with Gasteiger partial charge in [-0.1, -0.05) is 67.6 Å². The van der Waals surface area contributed by atoms with Crippen LogP contribution in [0.4, 0.5) is 0 Å². The van der Waals surface area contributed by atoms with Crippen molar-refractivity contribution in [2.75, 3.05) is 6.61 Å². The van der Waals surface area contributed by atoms with Crippen LogP contribution in [0.15, 0.2) is 72.0 Å². The van der Waals surface area contributed by atoms with E-state index in [1.165, 1.54) is 0 Å². The number of hydrogen-bond acceptors (Lipinski definition) is 5. The van der Waals surface area contributed by atoms with Gasteiger partial charge in [0.1, 0.15) is 0 Å². The molecule has 5 nitrogen and oxygen atoms in total. The molecule has 0 aromatic heterocycles. The first kappa shape index (κ1) is 20.8. The molecule has 0 saturated heterocycles. The molecule has 2 unspecified atom stereocenters. The van der Waals surface area contributed by atoms with Crippen LogP contribution in [0, 0.1) is 5.92 Å². The Bertz CT molecular complexity index is 873. The van der Waals surface area contributed by atoms with Gasteiger partial charge in [0, 0.05) is 18.4 Å². The van der Waals surface area contributed by atoms with E-state index >= 15 is 0 Å². The van der Waals surface area contributed by atoms with Crippen LogP contribution in [0.3, 0.4) is 0 Å². The minimum Gasteiger partial charge on any atom is -0.504 e. The summed E-state index contributed by atoms with van der Waals surface area (Å²) in [6, 6.07) is 18.8. The molecule has 0 spiro atoms. The van der Waals surface area contributed by atoms with Crippen LogP contribution >= 0.6 is 0 Å². The predicted octanol–water partition coefficient (Wildman–Crippen LogP) is 3.73. The number of ether oxygens (including phenoxy) is 1. The van der Waals surface area contributed by atoms with E-state index in [9.17, 15) is 19.8 Å². The second-order valence-electron chi connectivity index (χ2n) is 7.29. The number of aliphatic hydroxyl groups excluding tert-OH is 2. The molecule has 152 valence electrons. The third kappa shape index (κ3) is 4.57. The number of Topliss-reactive ketones (excluding diaryl/α,β-unsaturated/α-hetero) is 1. The van der Waals surface area contributed by atoms with Crippen LogP contribution in [0.2, 0.25) is 0 Å². The number of carbonyl (C=O) groups excluding carboxylic acids is 2. The molecule has 1 heterocycles. The first-order valence-corrected chi connectivity index (χ1v) is 9.94. The van der Waals surface area contributed by atoms with Gasteiger partial charge in [-0.05, 0) is 30.4 Å². The van der Waals surface area contributed by atoms with Crippen LogP contribution in [0.1, 0.15) is 36.8 Å². The molecule has 1 aliphatic heterocycles. The lowest BCUT2D eigenvalue weighted by molar-refractivity contribution is -0.158. The van der Waals surface area contributed by atoms with Crippen molar-refractivity contribution < 1.29 is 24.5 Å². The second kappa shape index (κ2) is 9.52. The average molecular weight is 394 g/mol. The highest BCUT2D eigenvalue weighted by molar-refractivity contribution is 6.09. The van der Waals surface area contributed by atoms with E-state index < -0.39 is 35.5 Å². The maximum Gasteiger partial charge on any atom is 0.339 e. The van der Waals surface area contributed by atoms with E-state index in [0.717, 1.165) is 11.1 Å². The van der Waals surface area contributed by atoms with E-state index in [4.69, 9.17) is 4.74 Å². The maximum atomic E-state index is 13.0. The van der Waals surface area contributed by atoms with Gasteiger partial charge in [-0.3, -0.25) is 4.79 Å². The highest BCUT2D eigenvalue weighted by Gasteiger charge is 2.43. The Hall–Kier alpha value is -2.92. The molecule has 29 heavy (non-hydrogen) atoms. The SMILES string of the molecule is CCC(C1=C(O)C(=O)[C@@H](C(CCO)Cc2ccccc2)OC1=O)c1ccccc1. The Morgan fingerprint density at radius 3 is 2.21 bits per heavy atom. The summed E-state index contributed by atoms with van der Waals surface area (Å²) in [4.78, 5) is 25.8. The lowest BCUT2D eigenvalue weighted by Gasteiger charge is -2.31. The number of ketones is 1. The largest absolute Gasteiger partial charge is 0.504 e. The molecule has 1 aliphatic rings. The summed E-state index contributed by atoms with van der Waals surface area (Å²) in [7, 11) is 0. The van der Waals surface area contributed by atoms with Crippen molar-refractivity contribution in [2.24, 2.45) is 5.92 Å². The summed E-state index contributed by atoms with van der Waals surface area (Å²) in [6.07, 6.45) is 0.188. The second-order valence-corrected chi connectivity index (χ2v) is 7.29. The summed E-state index contributed by atoms with van der Waals surface area (Å²) in [6.45, 7) is 1.75. The van der Waals surface area contributed by atoms with E-state index in [1.54, 1.807) is 0 Å². The fraction of sp³-hybridized carbons (Fsp3) is 0.333. The summed E-state index contributed by atoms with van der Waals surface area (Å²) in [5, 5.41) is 20.2. The molecule has 2 N–H and O–H groups in total. The smallest absolute Gasteiger partial charge is 0.339 e. The molecular formula is C24H26O5. The number of benzene rings is 2. The summed E-state index contributed by atoms with van der Waals surface area (Å²) < 4.78 is 5.56. The van der Waals surface area contributed by atoms with Gasteiger partial charge in [0.15, 0.2) is 11.9 Å². The number of hydrogen-bond donors (Lipinski definition) is 2. The van der Waals surface area contributed by atoms with E-state index in [1.807, 2.05) is 67.6 Å². The molecule has 3 atom stereocenters. The molecule has 5 heteroatoms. The fourth-order valence-corrected chi connectivity index (χ4v) is 3.95. The zero-order valence-corrected chi connectivity index (χ0v) is 16.5. The zero-order chi connectivity index (χ0) is 20.8. The van der Waals surface area contributed by atoms with Gasteiger partial charge >= 0.3 is 5.97 Å². The molecule has 0 amide bonds. The zero-order valence-electron chi connectivity index (χ0n) is 16.5. The minimum atomic E-state index is -1.10. The van der Waals surface area contributed by atoms with Gasteiger partial charge in [-0.25, -0.2) is 4.79 Å². The Morgan fingerprint density at radius 1 is 1.00 bits per heavy atom. The lowest BCUT2D eigenvalue weighted by Crippen LogP contribution is -2.42. The van der Waals surface area contributed by atoms with Crippen molar-refractivity contribution in [3.05, 3.63) is 83.1 Å². The van der Waals surface area contributed by atoms with Crippen molar-refractivity contribution in [3.63, 3.8) is 0 Å². The lowest BCUT2D eigenvalue weighted by atomic mass is 9.82. The molecule has 2 aromatic carbocycles. The molecule has 0 fully saturated rings. The molecule has 0 saturated carbocycles. The van der Waals surface area contributed by atoms with Gasteiger partial charge in [0.25, 0.3) is 0 Å². The Balaban J connectivity index is 1.91. The highest BCUT2D eigenvalue weighted by Crippen LogP contribution is 2.35. The number of rotatable bonds is 8. The molecule has 3 rings (SSSR count). The quantitative estimate of drug-likeness (QED) is 0.667. The van der Waals surface area contributed by atoms with Gasteiger partial charge in [0.05, 0.1) is 5.57 Å². The first-order chi connectivity index (χ1) is 14.1. The monoisotopic (exact) mass is 394 g/mol. The van der Waals surface area contributed by atoms with Crippen LogP contribution in [0.5, 0.6) is 0 Å². The minimum absolute atomic E-state index is 0.0161. The third-order valence-corrected chi connectivity index (χ3v) is 5.43. The standard InChI is InChI=1S/C24H26O5/c1-2-19(17-11-7-4-8-12-17)20-21(26)22(27)23(29-24(20)28)18(13-14-25)15-16-9-5-3-6-10-16/h3-12,18-19,23,25-26H,2,13-15H2,1H3/t18?,19?,23-/m1/s1. The van der Waals surface area contributed by atoms with Crippen molar-refractivity contribution >= 4 is 11.8 Å². The van der Waals surface area contributed by atoms with Gasteiger partial charge in [-0.15, -0.1) is 0 Å². The fourth-order valence-electron chi connectivity index (χ4n) is 3.95. The number of carbonyl (C=O) groups is 2. The summed E-state index contributed by atoms with van der Waals surface area (Å²) in [5.41, 5.74) is 1.83. The number of aliphatic hydroxyl groups is 2. The van der Waals surface area contributed by atoms with Gasteiger partial charge < -0.3 is 14.9 Å². The van der Waals surface area contributed by atoms with Crippen molar-refractivity contribution in [3.8, 4) is 0 Å². The van der Waals surface area contributed by atoms with Gasteiger partial charge in [0.2, 0.25) is 5.78 Å². The topological polar surface area (TPSA) is 83.8 Å². The Morgan fingerprint density at radius 2 is 1.62 bits per heavy atom. The normalized spacial score (nSPS) is 19.0. The molecule has 0 radical (unpaired) electrons. The van der Waals surface area contributed by atoms with Crippen LogP contribution in [-0.4, -0.2) is 34.7 Å². The van der Waals surface area contributed by atoms with Crippen LogP contribution in [-0.2, 0) is 20.7 Å². The maximum absolute atomic E-state index is 13.0. The average Bonchev–Trinajstić information content (AvgIpc) is 2.75. The van der Waals surface area contributed by atoms with E-state index in [2.05, 4.69) is 0 Å². The molecular weight excluding hydrogens is 368 g/mol. The Labute approximate surface area is 170 Å². The predicted molar refractivity (Wildman–Crippen MR) is 109 cm³/mol. The molecule has 0 bridgehead atoms. The summed E-state index contributed by atoms with van der Waals surface area (Å²) >= 11 is 0. The van der Waals surface area contributed by atoms with Crippen LogP contribution in [0.25, 0.3) is 0 Å². The summed E-state index contributed by atoms with van der Waals surface area (Å²) in [5.74, 6) is -2.61. The van der Waals surface area contributed by atoms with Crippen molar-refractivity contribution in [1.82, 2.24) is 0 Å². The first-order valence-electron chi connectivity index (χ1n) is 9.94. The van der Waals surface area contributed by atoms with Crippen LogP contribution < -0.4 is 0 Å². The number of esters is 1.